The summed E-state index contributed by atoms with van der Waals surface area (Å²) in [5, 5.41) is 3.83. The Morgan fingerprint density at radius 1 is 1.35 bits per heavy atom. The van der Waals surface area contributed by atoms with Crippen molar-refractivity contribution in [1.29, 1.82) is 0 Å². The van der Waals surface area contributed by atoms with E-state index in [9.17, 15) is 4.39 Å². The molecule has 20 heavy (non-hydrogen) atoms. The predicted octanol–water partition coefficient (Wildman–Crippen LogP) is 3.85. The Morgan fingerprint density at radius 3 is 2.55 bits per heavy atom. The molecule has 6 heteroatoms. The maximum Gasteiger partial charge on any atom is 0.124 e. The average Bonchev–Trinajstić information content (AvgIpc) is 2.38. The van der Waals surface area contributed by atoms with E-state index in [4.69, 9.17) is 11.6 Å². The van der Waals surface area contributed by atoms with Crippen molar-refractivity contribution < 1.29 is 4.39 Å². The molecule has 0 aromatic heterocycles. The van der Waals surface area contributed by atoms with Crippen molar-refractivity contribution in [3.8, 4) is 0 Å². The standard InChI is InChI=1S/C14H18ClFN2.2ClH/c1-2-3-14(18-8-6-17-7-9-18)12-5-4-11(16)10-13(12)15;;/h2,4-5,10,14,17H,1,3,6-9H2;2*1H/t14-;;/m1../s1. The highest BCUT2D eigenvalue weighted by atomic mass is 35.5. The van der Waals surface area contributed by atoms with Crippen molar-refractivity contribution in [3.05, 3.63) is 47.3 Å². The van der Waals surface area contributed by atoms with Crippen LogP contribution >= 0.6 is 36.4 Å². The quantitative estimate of drug-likeness (QED) is 0.837. The monoisotopic (exact) mass is 340 g/mol. The summed E-state index contributed by atoms with van der Waals surface area (Å²) in [6, 6.07) is 4.83. The Labute approximate surface area is 137 Å². The van der Waals surface area contributed by atoms with Crippen LogP contribution in [0.1, 0.15) is 18.0 Å². The van der Waals surface area contributed by atoms with Crippen molar-refractivity contribution in [2.24, 2.45) is 0 Å². The van der Waals surface area contributed by atoms with Crippen LogP contribution in [0.3, 0.4) is 0 Å². The van der Waals surface area contributed by atoms with Crippen LogP contribution in [0.15, 0.2) is 30.9 Å². The fraction of sp³-hybridized carbons (Fsp3) is 0.429. The Kier molecular flexibility index (Phi) is 9.43. The van der Waals surface area contributed by atoms with Gasteiger partial charge in [-0.05, 0) is 24.1 Å². The fourth-order valence-electron chi connectivity index (χ4n) is 2.40. The minimum atomic E-state index is -0.290. The van der Waals surface area contributed by atoms with Gasteiger partial charge in [0, 0.05) is 37.2 Å². The molecule has 2 rings (SSSR count). The Bertz CT molecular complexity index is 423. The first-order valence-electron chi connectivity index (χ1n) is 6.23. The number of piperazine rings is 1. The number of hydrogen-bond donors (Lipinski definition) is 1. The third-order valence-electron chi connectivity index (χ3n) is 3.30. The highest BCUT2D eigenvalue weighted by Crippen LogP contribution is 2.31. The van der Waals surface area contributed by atoms with E-state index < -0.39 is 0 Å². The molecule has 0 aliphatic carbocycles. The van der Waals surface area contributed by atoms with E-state index in [1.165, 1.54) is 12.1 Å². The number of hydrogen-bond acceptors (Lipinski definition) is 2. The molecule has 114 valence electrons. The number of rotatable bonds is 4. The molecule has 1 aromatic carbocycles. The lowest BCUT2D eigenvalue weighted by molar-refractivity contribution is 0.174. The van der Waals surface area contributed by atoms with Gasteiger partial charge in [-0.15, -0.1) is 31.4 Å². The summed E-state index contributed by atoms with van der Waals surface area (Å²) in [6.45, 7) is 7.72. The normalized spacial score (nSPS) is 16.7. The van der Waals surface area contributed by atoms with E-state index in [1.807, 2.05) is 6.08 Å². The smallest absolute Gasteiger partial charge is 0.124 e. The highest BCUT2D eigenvalue weighted by Gasteiger charge is 2.22. The molecule has 0 radical (unpaired) electrons. The van der Waals surface area contributed by atoms with Crippen LogP contribution in [0.2, 0.25) is 5.02 Å². The van der Waals surface area contributed by atoms with E-state index in [0.717, 1.165) is 38.2 Å². The van der Waals surface area contributed by atoms with Gasteiger partial charge in [0.15, 0.2) is 0 Å². The van der Waals surface area contributed by atoms with E-state index in [-0.39, 0.29) is 36.7 Å². The molecule has 1 aliphatic rings. The molecule has 0 saturated carbocycles. The first-order chi connectivity index (χ1) is 8.72. The molecule has 0 amide bonds. The first kappa shape index (κ1) is 19.7. The van der Waals surface area contributed by atoms with Gasteiger partial charge in [0.1, 0.15) is 5.82 Å². The summed E-state index contributed by atoms with van der Waals surface area (Å²) < 4.78 is 13.1. The molecule has 1 N–H and O–H groups in total. The van der Waals surface area contributed by atoms with E-state index >= 15 is 0 Å². The molecule has 1 atom stereocenters. The number of nitrogens with one attached hydrogen (secondary N) is 1. The van der Waals surface area contributed by atoms with Gasteiger partial charge >= 0.3 is 0 Å². The largest absolute Gasteiger partial charge is 0.314 e. The van der Waals surface area contributed by atoms with Crippen molar-refractivity contribution >= 4 is 36.4 Å². The van der Waals surface area contributed by atoms with Gasteiger partial charge in [0.25, 0.3) is 0 Å². The summed E-state index contributed by atoms with van der Waals surface area (Å²) in [5.74, 6) is -0.290. The van der Waals surface area contributed by atoms with Crippen molar-refractivity contribution in [1.82, 2.24) is 10.2 Å². The van der Waals surface area contributed by atoms with E-state index in [2.05, 4.69) is 16.8 Å². The van der Waals surface area contributed by atoms with Gasteiger partial charge < -0.3 is 5.32 Å². The molecule has 1 heterocycles. The van der Waals surface area contributed by atoms with Crippen molar-refractivity contribution in [3.63, 3.8) is 0 Å². The van der Waals surface area contributed by atoms with Gasteiger partial charge in [0.05, 0.1) is 0 Å². The van der Waals surface area contributed by atoms with Gasteiger partial charge in [0.2, 0.25) is 0 Å². The average molecular weight is 342 g/mol. The fourth-order valence-corrected chi connectivity index (χ4v) is 2.69. The van der Waals surface area contributed by atoms with Crippen LogP contribution < -0.4 is 5.32 Å². The molecule has 2 nitrogen and oxygen atoms in total. The molecule has 1 aliphatic heterocycles. The lowest BCUT2D eigenvalue weighted by atomic mass is 10.0. The maximum atomic E-state index is 13.1. The molecular weight excluding hydrogens is 322 g/mol. The minimum Gasteiger partial charge on any atom is -0.314 e. The van der Waals surface area contributed by atoms with Gasteiger partial charge in [-0.2, -0.15) is 0 Å². The summed E-state index contributed by atoms with van der Waals surface area (Å²) in [7, 11) is 0. The second-order valence-electron chi connectivity index (χ2n) is 4.49. The summed E-state index contributed by atoms with van der Waals surface area (Å²) in [5.41, 5.74) is 0.986. The maximum absolute atomic E-state index is 13.1. The molecule has 1 saturated heterocycles. The van der Waals surface area contributed by atoms with Crippen LogP contribution in [-0.4, -0.2) is 31.1 Å². The highest BCUT2D eigenvalue weighted by molar-refractivity contribution is 6.31. The Balaban J connectivity index is 0.00000180. The molecule has 1 aromatic rings. The van der Waals surface area contributed by atoms with Crippen LogP contribution in [-0.2, 0) is 0 Å². The molecule has 0 bridgehead atoms. The van der Waals surface area contributed by atoms with Gasteiger partial charge in [-0.1, -0.05) is 23.7 Å². The zero-order chi connectivity index (χ0) is 13.0. The van der Waals surface area contributed by atoms with Crippen molar-refractivity contribution in [2.75, 3.05) is 26.2 Å². The predicted molar refractivity (Wildman–Crippen MR) is 87.9 cm³/mol. The Hall–Kier alpha value is -0.320. The van der Waals surface area contributed by atoms with Gasteiger partial charge in [-0.3, -0.25) is 4.90 Å². The summed E-state index contributed by atoms with van der Waals surface area (Å²) in [6.07, 6.45) is 2.72. The number of halogens is 4. The van der Waals surface area contributed by atoms with E-state index in [1.54, 1.807) is 6.07 Å². The van der Waals surface area contributed by atoms with Crippen LogP contribution in [0, 0.1) is 5.82 Å². The first-order valence-corrected chi connectivity index (χ1v) is 6.61. The summed E-state index contributed by atoms with van der Waals surface area (Å²) in [4.78, 5) is 2.37. The lowest BCUT2D eigenvalue weighted by Crippen LogP contribution is -2.45. The lowest BCUT2D eigenvalue weighted by Gasteiger charge is -2.35. The number of nitrogens with zero attached hydrogens (tertiary/aromatic N) is 1. The van der Waals surface area contributed by atoms with Crippen molar-refractivity contribution in [2.45, 2.75) is 12.5 Å². The topological polar surface area (TPSA) is 15.3 Å². The molecular formula is C14H20Cl3FN2. The van der Waals surface area contributed by atoms with Gasteiger partial charge in [-0.25, -0.2) is 4.39 Å². The SMILES string of the molecule is C=CC[C@H](c1ccc(F)cc1Cl)N1CCNCC1.Cl.Cl. The third-order valence-corrected chi connectivity index (χ3v) is 3.63. The number of benzene rings is 1. The summed E-state index contributed by atoms with van der Waals surface area (Å²) >= 11 is 6.16. The molecule has 0 unspecified atom stereocenters. The van der Waals surface area contributed by atoms with Crippen LogP contribution in [0.5, 0.6) is 0 Å². The zero-order valence-corrected chi connectivity index (χ0v) is 13.5. The zero-order valence-electron chi connectivity index (χ0n) is 11.1. The van der Waals surface area contributed by atoms with E-state index in [0.29, 0.717) is 5.02 Å². The second-order valence-corrected chi connectivity index (χ2v) is 4.90. The third kappa shape index (κ3) is 4.90. The Morgan fingerprint density at radius 2 is 2.00 bits per heavy atom. The molecule has 1 fully saturated rings. The minimum absolute atomic E-state index is 0. The van der Waals surface area contributed by atoms with Crippen LogP contribution in [0.4, 0.5) is 4.39 Å². The van der Waals surface area contributed by atoms with Crippen LogP contribution in [0.25, 0.3) is 0 Å². The molecule has 0 spiro atoms. The second kappa shape index (κ2) is 9.59.